The lowest BCUT2D eigenvalue weighted by molar-refractivity contribution is -0.140. The number of aliphatic hydroxyl groups excluding tert-OH is 1. The largest absolute Gasteiger partial charge is 0.457 e. The van der Waals surface area contributed by atoms with Gasteiger partial charge in [-0.15, -0.1) is 0 Å². The van der Waals surface area contributed by atoms with Gasteiger partial charge in [0.05, 0.1) is 18.9 Å². The minimum Gasteiger partial charge on any atom is -0.457 e. The first-order valence-electron chi connectivity index (χ1n) is 8.74. The van der Waals surface area contributed by atoms with Crippen LogP contribution in [0.5, 0.6) is 0 Å². The molecule has 24 heavy (non-hydrogen) atoms. The number of hydrogen-bond acceptors (Lipinski definition) is 3. The van der Waals surface area contributed by atoms with E-state index in [9.17, 15) is 9.18 Å². The molecule has 0 saturated heterocycles. The molecule has 0 heterocycles. The average molecular weight is 334 g/mol. The lowest BCUT2D eigenvalue weighted by atomic mass is 9.77. The Morgan fingerprint density at radius 3 is 2.46 bits per heavy atom. The quantitative estimate of drug-likeness (QED) is 0.569. The standard InChI is InChI=1S/C20H27FO3/c1-15(13-22)20(23)24-14-17-6-10-19(11-7-17)18-8-4-16(5-9-18)3-2-12-21/h6-7,10-11,16,18,22H,1-5,8-9,12-14H2. The van der Waals surface area contributed by atoms with Crippen molar-refractivity contribution in [2.75, 3.05) is 13.3 Å². The monoisotopic (exact) mass is 334 g/mol. The molecule has 132 valence electrons. The zero-order chi connectivity index (χ0) is 17.4. The molecule has 0 spiro atoms. The first-order chi connectivity index (χ1) is 11.6. The summed E-state index contributed by atoms with van der Waals surface area (Å²) < 4.78 is 17.3. The van der Waals surface area contributed by atoms with Crippen LogP contribution in [0.15, 0.2) is 36.4 Å². The van der Waals surface area contributed by atoms with Crippen LogP contribution >= 0.6 is 0 Å². The molecule has 1 aliphatic carbocycles. The number of rotatable bonds is 8. The Morgan fingerprint density at radius 2 is 1.88 bits per heavy atom. The number of esters is 1. The van der Waals surface area contributed by atoms with Gasteiger partial charge in [0.1, 0.15) is 6.61 Å². The summed E-state index contributed by atoms with van der Waals surface area (Å²) in [4.78, 5) is 11.5. The third-order valence-electron chi connectivity index (χ3n) is 4.89. The van der Waals surface area contributed by atoms with Gasteiger partial charge in [0.25, 0.3) is 0 Å². The van der Waals surface area contributed by atoms with Crippen LogP contribution < -0.4 is 0 Å². The molecule has 0 amide bonds. The van der Waals surface area contributed by atoms with Crippen molar-refractivity contribution in [3.05, 3.63) is 47.5 Å². The molecular weight excluding hydrogens is 307 g/mol. The molecule has 0 aliphatic heterocycles. The van der Waals surface area contributed by atoms with Crippen LogP contribution in [0, 0.1) is 5.92 Å². The number of benzene rings is 1. The van der Waals surface area contributed by atoms with Crippen LogP contribution in [-0.4, -0.2) is 24.4 Å². The van der Waals surface area contributed by atoms with Crippen molar-refractivity contribution in [1.29, 1.82) is 0 Å². The number of hydrogen-bond donors (Lipinski definition) is 1. The predicted octanol–water partition coefficient (Wildman–Crippen LogP) is 4.30. The average Bonchev–Trinajstić information content (AvgIpc) is 2.64. The summed E-state index contributed by atoms with van der Waals surface area (Å²) in [7, 11) is 0. The van der Waals surface area contributed by atoms with E-state index in [0.29, 0.717) is 18.3 Å². The third-order valence-corrected chi connectivity index (χ3v) is 4.89. The molecule has 1 N–H and O–H groups in total. The van der Waals surface area contributed by atoms with E-state index in [4.69, 9.17) is 9.84 Å². The fourth-order valence-corrected chi connectivity index (χ4v) is 3.35. The van der Waals surface area contributed by atoms with Crippen LogP contribution in [0.2, 0.25) is 0 Å². The number of ether oxygens (including phenoxy) is 1. The van der Waals surface area contributed by atoms with Gasteiger partial charge in [0.15, 0.2) is 0 Å². The molecule has 0 bridgehead atoms. The molecule has 0 radical (unpaired) electrons. The van der Waals surface area contributed by atoms with Crippen molar-refractivity contribution < 1.29 is 19.0 Å². The van der Waals surface area contributed by atoms with E-state index in [1.807, 2.05) is 12.1 Å². The maximum Gasteiger partial charge on any atom is 0.336 e. The molecule has 0 atom stereocenters. The maximum absolute atomic E-state index is 12.3. The van der Waals surface area contributed by atoms with E-state index in [2.05, 4.69) is 18.7 Å². The number of carbonyl (C=O) groups excluding carboxylic acids is 1. The van der Waals surface area contributed by atoms with Gasteiger partial charge in [0, 0.05) is 0 Å². The van der Waals surface area contributed by atoms with Crippen LogP contribution in [-0.2, 0) is 16.1 Å². The normalized spacial score (nSPS) is 20.6. The molecule has 1 fully saturated rings. The smallest absolute Gasteiger partial charge is 0.336 e. The molecule has 1 saturated carbocycles. The van der Waals surface area contributed by atoms with E-state index < -0.39 is 5.97 Å². The fraction of sp³-hybridized carbons (Fsp3) is 0.550. The first kappa shape index (κ1) is 18.7. The van der Waals surface area contributed by atoms with Gasteiger partial charge in [-0.1, -0.05) is 30.8 Å². The third kappa shape index (κ3) is 5.45. The van der Waals surface area contributed by atoms with Crippen molar-refractivity contribution in [2.24, 2.45) is 5.92 Å². The van der Waals surface area contributed by atoms with E-state index in [-0.39, 0.29) is 25.5 Å². The Kier molecular flexibility index (Phi) is 7.44. The van der Waals surface area contributed by atoms with E-state index in [1.165, 1.54) is 31.2 Å². The van der Waals surface area contributed by atoms with Crippen molar-refractivity contribution >= 4 is 5.97 Å². The fourth-order valence-electron chi connectivity index (χ4n) is 3.35. The molecule has 4 heteroatoms. The zero-order valence-electron chi connectivity index (χ0n) is 14.2. The molecule has 0 aromatic heterocycles. The summed E-state index contributed by atoms with van der Waals surface area (Å²) in [6.45, 7) is 3.05. The van der Waals surface area contributed by atoms with Crippen LogP contribution in [0.3, 0.4) is 0 Å². The molecule has 1 aliphatic rings. The second kappa shape index (κ2) is 9.58. The highest BCUT2D eigenvalue weighted by atomic mass is 19.1. The Labute approximate surface area is 143 Å². The highest BCUT2D eigenvalue weighted by Gasteiger charge is 2.22. The van der Waals surface area contributed by atoms with Gasteiger partial charge in [-0.3, -0.25) is 4.39 Å². The van der Waals surface area contributed by atoms with Crippen molar-refractivity contribution in [1.82, 2.24) is 0 Å². The Balaban J connectivity index is 1.80. The molecular formula is C20H27FO3. The predicted molar refractivity (Wildman–Crippen MR) is 92.4 cm³/mol. The molecule has 0 unspecified atom stereocenters. The second-order valence-corrected chi connectivity index (χ2v) is 6.63. The highest BCUT2D eigenvalue weighted by Crippen LogP contribution is 2.37. The van der Waals surface area contributed by atoms with E-state index in [1.54, 1.807) is 0 Å². The maximum atomic E-state index is 12.3. The van der Waals surface area contributed by atoms with Crippen LogP contribution in [0.1, 0.15) is 55.6 Å². The molecule has 1 aromatic carbocycles. The van der Waals surface area contributed by atoms with Gasteiger partial charge in [0.2, 0.25) is 0 Å². The number of halogens is 1. The summed E-state index contributed by atoms with van der Waals surface area (Å²) >= 11 is 0. The van der Waals surface area contributed by atoms with Gasteiger partial charge in [-0.2, -0.15) is 0 Å². The van der Waals surface area contributed by atoms with Crippen molar-refractivity contribution in [3.8, 4) is 0 Å². The zero-order valence-corrected chi connectivity index (χ0v) is 14.2. The van der Waals surface area contributed by atoms with Crippen molar-refractivity contribution in [3.63, 3.8) is 0 Å². The number of carbonyl (C=O) groups is 1. The number of alkyl halides is 1. The topological polar surface area (TPSA) is 46.5 Å². The SMILES string of the molecule is C=C(CO)C(=O)OCc1ccc(C2CCC(CCCF)CC2)cc1. The Morgan fingerprint density at radius 1 is 1.21 bits per heavy atom. The minimum atomic E-state index is -0.562. The molecule has 1 aromatic rings. The molecule has 2 rings (SSSR count). The van der Waals surface area contributed by atoms with E-state index >= 15 is 0 Å². The van der Waals surface area contributed by atoms with Gasteiger partial charge < -0.3 is 9.84 Å². The minimum absolute atomic E-state index is 0.0659. The lowest BCUT2D eigenvalue weighted by Crippen LogP contribution is -2.13. The van der Waals surface area contributed by atoms with Gasteiger partial charge in [-0.25, -0.2) is 4.79 Å². The number of aliphatic hydroxyl groups is 1. The Bertz CT molecular complexity index is 530. The lowest BCUT2D eigenvalue weighted by Gasteiger charge is -2.28. The Hall–Kier alpha value is -1.68. The van der Waals surface area contributed by atoms with Gasteiger partial charge >= 0.3 is 5.97 Å². The molecule has 3 nitrogen and oxygen atoms in total. The van der Waals surface area contributed by atoms with Crippen LogP contribution in [0.25, 0.3) is 0 Å². The first-order valence-corrected chi connectivity index (χ1v) is 8.74. The summed E-state index contributed by atoms with van der Waals surface area (Å²) in [5, 5.41) is 8.83. The highest BCUT2D eigenvalue weighted by molar-refractivity contribution is 5.87. The van der Waals surface area contributed by atoms with Crippen molar-refractivity contribution in [2.45, 2.75) is 51.0 Å². The van der Waals surface area contributed by atoms with Crippen LogP contribution in [0.4, 0.5) is 4.39 Å². The summed E-state index contributed by atoms with van der Waals surface area (Å²) in [6.07, 6.45) is 6.43. The summed E-state index contributed by atoms with van der Waals surface area (Å²) in [5.41, 5.74) is 2.32. The second-order valence-electron chi connectivity index (χ2n) is 6.63. The summed E-state index contributed by atoms with van der Waals surface area (Å²) in [5.74, 6) is 0.709. The summed E-state index contributed by atoms with van der Waals surface area (Å²) in [6, 6.07) is 8.19. The van der Waals surface area contributed by atoms with Gasteiger partial charge in [-0.05, 0) is 61.5 Å². The van der Waals surface area contributed by atoms with E-state index in [0.717, 1.165) is 12.0 Å².